The van der Waals surface area contributed by atoms with Gasteiger partial charge in [0.1, 0.15) is 5.76 Å². The van der Waals surface area contributed by atoms with Crippen LogP contribution in [-0.4, -0.2) is 4.57 Å². The van der Waals surface area contributed by atoms with Crippen molar-refractivity contribution in [1.82, 2.24) is 4.57 Å². The van der Waals surface area contributed by atoms with Crippen molar-refractivity contribution in [2.75, 3.05) is 0 Å². The van der Waals surface area contributed by atoms with Gasteiger partial charge in [0.15, 0.2) is 0 Å². The van der Waals surface area contributed by atoms with E-state index in [1.165, 1.54) is 0 Å². The van der Waals surface area contributed by atoms with E-state index in [4.69, 9.17) is 4.42 Å². The molecule has 4 heteroatoms. The first kappa shape index (κ1) is 9.42. The third kappa shape index (κ3) is 1.47. The Morgan fingerprint density at radius 1 is 1.31 bits per heavy atom. The van der Waals surface area contributed by atoms with Gasteiger partial charge in [-0.15, -0.1) is 11.3 Å². The molecule has 3 heterocycles. The zero-order valence-corrected chi connectivity index (χ0v) is 9.24. The normalized spacial score (nSPS) is 11.0. The topological polar surface area (TPSA) is 35.1 Å². The second kappa shape index (κ2) is 3.64. The third-order valence-electron chi connectivity index (χ3n) is 2.50. The first-order chi connectivity index (χ1) is 7.84. The maximum atomic E-state index is 12.0. The number of hydrogen-bond donors (Lipinski definition) is 0. The van der Waals surface area contributed by atoms with E-state index in [2.05, 4.69) is 0 Å². The number of furan rings is 1. The number of thiophene rings is 1. The highest BCUT2D eigenvalue weighted by molar-refractivity contribution is 7.17. The Kier molecular flexibility index (Phi) is 2.15. The average Bonchev–Trinajstić information content (AvgIpc) is 2.93. The van der Waals surface area contributed by atoms with Crippen LogP contribution in [0.15, 0.2) is 51.3 Å². The Bertz CT molecular complexity index is 664. The molecule has 0 atom stereocenters. The van der Waals surface area contributed by atoms with Crippen LogP contribution >= 0.6 is 11.3 Å². The Labute approximate surface area is 95.6 Å². The summed E-state index contributed by atoms with van der Waals surface area (Å²) in [7, 11) is 0. The van der Waals surface area contributed by atoms with Crippen LogP contribution in [-0.2, 0) is 6.54 Å². The minimum absolute atomic E-state index is 0.0372. The van der Waals surface area contributed by atoms with Gasteiger partial charge in [-0.2, -0.15) is 0 Å². The van der Waals surface area contributed by atoms with Crippen LogP contribution < -0.4 is 5.56 Å². The molecule has 0 aliphatic carbocycles. The molecule has 0 amide bonds. The monoisotopic (exact) mass is 231 g/mol. The van der Waals surface area contributed by atoms with Gasteiger partial charge in [0.2, 0.25) is 0 Å². The Hall–Kier alpha value is -1.81. The summed E-state index contributed by atoms with van der Waals surface area (Å²) >= 11 is 1.58. The maximum Gasteiger partial charge on any atom is 0.259 e. The molecule has 3 nitrogen and oxygen atoms in total. The van der Waals surface area contributed by atoms with Gasteiger partial charge >= 0.3 is 0 Å². The van der Waals surface area contributed by atoms with E-state index >= 15 is 0 Å². The minimum atomic E-state index is 0.0372. The summed E-state index contributed by atoms with van der Waals surface area (Å²) in [4.78, 5) is 12.0. The van der Waals surface area contributed by atoms with E-state index in [9.17, 15) is 4.79 Å². The zero-order chi connectivity index (χ0) is 11.0. The van der Waals surface area contributed by atoms with E-state index in [-0.39, 0.29) is 5.56 Å². The molecule has 0 N–H and O–H groups in total. The summed E-state index contributed by atoms with van der Waals surface area (Å²) < 4.78 is 7.92. The predicted molar refractivity (Wildman–Crippen MR) is 63.9 cm³/mol. The summed E-state index contributed by atoms with van der Waals surface area (Å²) in [6.45, 7) is 0.484. The molecule has 0 aliphatic heterocycles. The number of fused-ring (bicyclic) bond motifs is 1. The fraction of sp³-hybridized carbons (Fsp3) is 0.0833. The first-order valence-corrected chi connectivity index (χ1v) is 5.81. The van der Waals surface area contributed by atoms with Crippen LogP contribution in [0.1, 0.15) is 5.76 Å². The lowest BCUT2D eigenvalue weighted by Crippen LogP contribution is -2.19. The quantitative estimate of drug-likeness (QED) is 0.679. The van der Waals surface area contributed by atoms with Crippen molar-refractivity contribution in [1.29, 1.82) is 0 Å². The number of aromatic nitrogens is 1. The van der Waals surface area contributed by atoms with Crippen LogP contribution in [0.5, 0.6) is 0 Å². The van der Waals surface area contributed by atoms with E-state index in [0.717, 1.165) is 15.8 Å². The second-order valence-electron chi connectivity index (χ2n) is 3.53. The SMILES string of the molecule is O=c1c2ccsc2ccn1Cc1ccco1. The van der Waals surface area contributed by atoms with E-state index < -0.39 is 0 Å². The summed E-state index contributed by atoms with van der Waals surface area (Å²) in [6, 6.07) is 7.51. The zero-order valence-electron chi connectivity index (χ0n) is 8.42. The van der Waals surface area contributed by atoms with Crippen molar-refractivity contribution in [2.24, 2.45) is 0 Å². The van der Waals surface area contributed by atoms with Gasteiger partial charge in [0.05, 0.1) is 18.2 Å². The molecule has 3 rings (SSSR count). The van der Waals surface area contributed by atoms with Crippen molar-refractivity contribution in [2.45, 2.75) is 6.54 Å². The lowest BCUT2D eigenvalue weighted by molar-refractivity contribution is 0.490. The van der Waals surface area contributed by atoms with Crippen molar-refractivity contribution in [3.63, 3.8) is 0 Å². The van der Waals surface area contributed by atoms with Crippen molar-refractivity contribution >= 4 is 21.4 Å². The minimum Gasteiger partial charge on any atom is -0.467 e. The fourth-order valence-electron chi connectivity index (χ4n) is 1.70. The van der Waals surface area contributed by atoms with Gasteiger partial charge in [0, 0.05) is 10.9 Å². The lowest BCUT2D eigenvalue weighted by atomic mass is 10.3. The van der Waals surface area contributed by atoms with Crippen LogP contribution in [0.3, 0.4) is 0 Å². The molecule has 0 unspecified atom stereocenters. The van der Waals surface area contributed by atoms with Crippen LogP contribution in [0.2, 0.25) is 0 Å². The van der Waals surface area contributed by atoms with E-state index in [1.807, 2.05) is 35.8 Å². The average molecular weight is 231 g/mol. The van der Waals surface area contributed by atoms with E-state index in [0.29, 0.717) is 6.54 Å². The molecule has 0 bridgehead atoms. The third-order valence-corrected chi connectivity index (χ3v) is 3.38. The molecular formula is C12H9NO2S. The van der Waals surface area contributed by atoms with Crippen LogP contribution in [0, 0.1) is 0 Å². The van der Waals surface area contributed by atoms with E-state index in [1.54, 1.807) is 22.2 Å². The van der Waals surface area contributed by atoms with Gasteiger partial charge < -0.3 is 8.98 Å². The summed E-state index contributed by atoms with van der Waals surface area (Å²) in [5, 5.41) is 2.71. The van der Waals surface area contributed by atoms with Gasteiger partial charge in [-0.1, -0.05) is 0 Å². The van der Waals surface area contributed by atoms with Crippen LogP contribution in [0.25, 0.3) is 10.1 Å². The number of rotatable bonds is 2. The molecule has 3 aromatic heterocycles. The number of nitrogens with zero attached hydrogens (tertiary/aromatic N) is 1. The molecule has 0 aromatic carbocycles. The van der Waals surface area contributed by atoms with Gasteiger partial charge in [-0.05, 0) is 29.6 Å². The smallest absolute Gasteiger partial charge is 0.259 e. The predicted octanol–water partition coefficient (Wildman–Crippen LogP) is 2.70. The molecule has 0 fully saturated rings. The summed E-state index contributed by atoms with van der Waals surface area (Å²) in [5.74, 6) is 0.789. The lowest BCUT2D eigenvalue weighted by Gasteiger charge is -2.02. The van der Waals surface area contributed by atoms with Crippen molar-refractivity contribution in [3.05, 3.63) is 58.2 Å². The fourth-order valence-corrected chi connectivity index (χ4v) is 2.47. The molecule has 16 heavy (non-hydrogen) atoms. The molecule has 0 radical (unpaired) electrons. The summed E-state index contributed by atoms with van der Waals surface area (Å²) in [6.07, 6.45) is 3.42. The highest BCUT2D eigenvalue weighted by Gasteiger charge is 2.04. The first-order valence-electron chi connectivity index (χ1n) is 4.93. The molecular weight excluding hydrogens is 222 g/mol. The van der Waals surface area contributed by atoms with Crippen molar-refractivity contribution < 1.29 is 4.42 Å². The molecule has 0 saturated heterocycles. The number of hydrogen-bond acceptors (Lipinski definition) is 3. The standard InChI is InChI=1S/C12H9NO2S/c14-12-10-4-7-16-11(10)3-5-13(12)8-9-2-1-6-15-9/h1-7H,8H2. The Morgan fingerprint density at radius 3 is 3.06 bits per heavy atom. The van der Waals surface area contributed by atoms with Crippen molar-refractivity contribution in [3.8, 4) is 0 Å². The molecule has 3 aromatic rings. The molecule has 80 valence electrons. The second-order valence-corrected chi connectivity index (χ2v) is 4.47. The maximum absolute atomic E-state index is 12.0. The largest absolute Gasteiger partial charge is 0.467 e. The highest BCUT2D eigenvalue weighted by atomic mass is 32.1. The van der Waals surface area contributed by atoms with Gasteiger partial charge in [-0.25, -0.2) is 0 Å². The van der Waals surface area contributed by atoms with Crippen LogP contribution in [0.4, 0.5) is 0 Å². The molecule has 0 spiro atoms. The Balaban J connectivity index is 2.10. The number of pyridine rings is 1. The van der Waals surface area contributed by atoms with Gasteiger partial charge in [-0.3, -0.25) is 4.79 Å². The van der Waals surface area contributed by atoms with Gasteiger partial charge in [0.25, 0.3) is 5.56 Å². The molecule has 0 saturated carbocycles. The molecule has 0 aliphatic rings. The Morgan fingerprint density at radius 2 is 2.25 bits per heavy atom. The summed E-state index contributed by atoms with van der Waals surface area (Å²) in [5.41, 5.74) is 0.0372. The highest BCUT2D eigenvalue weighted by Crippen LogP contribution is 2.16.